The van der Waals surface area contributed by atoms with Crippen LogP contribution in [0.2, 0.25) is 0 Å². The van der Waals surface area contributed by atoms with Crippen molar-refractivity contribution in [3.05, 3.63) is 59.9 Å². The summed E-state index contributed by atoms with van der Waals surface area (Å²) in [6.45, 7) is 9.91. The lowest BCUT2D eigenvalue weighted by molar-refractivity contribution is 0.158. The second kappa shape index (κ2) is 13.4. The first-order chi connectivity index (χ1) is 14.2. The van der Waals surface area contributed by atoms with Gasteiger partial charge in [-0.1, -0.05) is 12.1 Å². The maximum atomic E-state index is 9.00. The predicted molar refractivity (Wildman–Crippen MR) is 113 cm³/mol. The average Bonchev–Trinajstić information content (AvgIpc) is 2.76. The van der Waals surface area contributed by atoms with Gasteiger partial charge in [0.15, 0.2) is 5.69 Å². The third-order valence-corrected chi connectivity index (χ3v) is 4.32. The summed E-state index contributed by atoms with van der Waals surface area (Å²) < 4.78 is 5.76. The van der Waals surface area contributed by atoms with Crippen LogP contribution in [0.5, 0.6) is 5.75 Å². The Morgan fingerprint density at radius 3 is 1.93 bits per heavy atom. The molecule has 0 spiro atoms. The quantitative estimate of drug-likeness (QED) is 0.297. The number of rotatable bonds is 13. The molecule has 0 aromatic heterocycles. The van der Waals surface area contributed by atoms with Crippen LogP contribution in [0.25, 0.3) is 4.85 Å². The summed E-state index contributed by atoms with van der Waals surface area (Å²) in [6.07, 6.45) is 3.00. The molecule has 2 N–H and O–H groups in total. The first-order valence-electron chi connectivity index (χ1n) is 9.81. The van der Waals surface area contributed by atoms with Crippen LogP contribution in [-0.4, -0.2) is 54.6 Å². The van der Waals surface area contributed by atoms with Crippen molar-refractivity contribution in [1.29, 1.82) is 0 Å². The fraction of sp³-hybridized carbons (Fsp3) is 0.409. The second-order valence-corrected chi connectivity index (χ2v) is 6.52. The number of ether oxygens (including phenoxy) is 1. The van der Waals surface area contributed by atoms with E-state index >= 15 is 0 Å². The monoisotopic (exact) mass is 396 g/mol. The van der Waals surface area contributed by atoms with Gasteiger partial charge in [0.2, 0.25) is 0 Å². The molecule has 2 aromatic rings. The van der Waals surface area contributed by atoms with Crippen molar-refractivity contribution in [3.63, 3.8) is 0 Å². The van der Waals surface area contributed by atoms with Gasteiger partial charge in [-0.3, -0.25) is 4.90 Å². The first kappa shape index (κ1) is 22.5. The molecule has 0 heterocycles. The molecule has 0 amide bonds. The molecular formula is C22H28N4O3. The minimum absolute atomic E-state index is 0.118. The second-order valence-electron chi connectivity index (χ2n) is 6.52. The molecule has 0 unspecified atom stereocenters. The van der Waals surface area contributed by atoms with Crippen molar-refractivity contribution in [2.75, 3.05) is 39.5 Å². The zero-order valence-electron chi connectivity index (χ0n) is 16.6. The van der Waals surface area contributed by atoms with Crippen LogP contribution >= 0.6 is 0 Å². The highest BCUT2D eigenvalue weighted by molar-refractivity contribution is 5.51. The first-order valence-corrected chi connectivity index (χ1v) is 9.81. The highest BCUT2D eigenvalue weighted by Crippen LogP contribution is 2.23. The maximum absolute atomic E-state index is 9.00. The molecule has 0 saturated carbocycles. The maximum Gasteiger partial charge on any atom is 0.187 e. The van der Waals surface area contributed by atoms with E-state index in [9.17, 15) is 0 Å². The van der Waals surface area contributed by atoms with E-state index in [1.54, 1.807) is 24.3 Å². The number of hydrogen-bond donors (Lipinski definition) is 2. The number of aliphatic hydroxyl groups is 2. The fourth-order valence-corrected chi connectivity index (χ4v) is 2.74. The molecule has 0 bridgehead atoms. The van der Waals surface area contributed by atoms with E-state index in [4.69, 9.17) is 21.5 Å². The molecule has 0 aliphatic rings. The van der Waals surface area contributed by atoms with Gasteiger partial charge in [0, 0.05) is 13.1 Å². The van der Waals surface area contributed by atoms with Gasteiger partial charge >= 0.3 is 0 Å². The van der Waals surface area contributed by atoms with Crippen LogP contribution in [0.3, 0.4) is 0 Å². The van der Waals surface area contributed by atoms with Crippen molar-refractivity contribution in [2.24, 2.45) is 10.2 Å². The summed E-state index contributed by atoms with van der Waals surface area (Å²) in [5, 5.41) is 26.3. The van der Waals surface area contributed by atoms with Gasteiger partial charge in [0.25, 0.3) is 0 Å². The number of azo groups is 1. The van der Waals surface area contributed by atoms with E-state index in [-0.39, 0.29) is 13.2 Å². The standard InChI is InChI=1S/C22H28N4O3/c1-23-19-5-7-20(8-6-19)24-25-21-9-11-22(12-10-21)29-18-4-2-3-13-26(14-16-27)15-17-28/h5-12,27-28H,2-4,13-18H2. The Kier molecular flexibility index (Phi) is 10.4. The van der Waals surface area contributed by atoms with Crippen LogP contribution < -0.4 is 4.74 Å². The third kappa shape index (κ3) is 8.83. The summed E-state index contributed by atoms with van der Waals surface area (Å²) in [6, 6.07) is 14.4. The Bertz CT molecular complexity index is 764. The predicted octanol–water partition coefficient (Wildman–Crippen LogP) is 4.49. The molecule has 0 aliphatic carbocycles. The molecule has 0 atom stereocenters. The summed E-state index contributed by atoms with van der Waals surface area (Å²) in [7, 11) is 0. The Morgan fingerprint density at radius 1 is 0.793 bits per heavy atom. The summed E-state index contributed by atoms with van der Waals surface area (Å²) >= 11 is 0. The van der Waals surface area contributed by atoms with Crippen molar-refractivity contribution in [1.82, 2.24) is 4.90 Å². The number of benzene rings is 2. The van der Waals surface area contributed by atoms with Crippen LogP contribution in [0, 0.1) is 6.57 Å². The Hall–Kier alpha value is -2.79. The molecule has 0 fully saturated rings. The smallest absolute Gasteiger partial charge is 0.187 e. The van der Waals surface area contributed by atoms with E-state index in [1.807, 2.05) is 24.3 Å². The number of hydrogen-bond acceptors (Lipinski definition) is 6. The topological polar surface area (TPSA) is 82.0 Å². The van der Waals surface area contributed by atoms with E-state index < -0.39 is 0 Å². The molecule has 0 aliphatic heterocycles. The van der Waals surface area contributed by atoms with Gasteiger partial charge in [0.1, 0.15) is 5.75 Å². The highest BCUT2D eigenvalue weighted by Gasteiger charge is 2.03. The van der Waals surface area contributed by atoms with E-state index in [0.29, 0.717) is 31.1 Å². The van der Waals surface area contributed by atoms with E-state index in [0.717, 1.165) is 37.2 Å². The fourth-order valence-electron chi connectivity index (χ4n) is 2.74. The van der Waals surface area contributed by atoms with Crippen LogP contribution in [-0.2, 0) is 0 Å². The van der Waals surface area contributed by atoms with Gasteiger partial charge in [-0.05, 0) is 62.2 Å². The lowest BCUT2D eigenvalue weighted by Crippen LogP contribution is -2.30. The SMILES string of the molecule is [C-]#[N+]c1ccc(N=Nc2ccc(OCCCCCN(CCO)CCO)cc2)cc1. The molecule has 0 saturated heterocycles. The summed E-state index contributed by atoms with van der Waals surface area (Å²) in [5.41, 5.74) is 2.02. The van der Waals surface area contributed by atoms with Gasteiger partial charge in [-0.15, -0.1) is 0 Å². The Morgan fingerprint density at radius 2 is 1.38 bits per heavy atom. The molecule has 2 aromatic carbocycles. The summed E-state index contributed by atoms with van der Waals surface area (Å²) in [5.74, 6) is 0.799. The lowest BCUT2D eigenvalue weighted by Gasteiger charge is -2.19. The number of aliphatic hydroxyl groups excluding tert-OH is 2. The van der Waals surface area contributed by atoms with Crippen molar-refractivity contribution in [2.45, 2.75) is 19.3 Å². The third-order valence-electron chi connectivity index (χ3n) is 4.32. The number of nitrogens with zero attached hydrogens (tertiary/aromatic N) is 4. The summed E-state index contributed by atoms with van der Waals surface area (Å²) in [4.78, 5) is 5.41. The van der Waals surface area contributed by atoms with E-state index in [2.05, 4.69) is 20.0 Å². The van der Waals surface area contributed by atoms with Crippen molar-refractivity contribution >= 4 is 17.1 Å². The van der Waals surface area contributed by atoms with Crippen LogP contribution in [0.1, 0.15) is 19.3 Å². The molecule has 0 radical (unpaired) electrons. The van der Waals surface area contributed by atoms with Crippen LogP contribution in [0.15, 0.2) is 58.8 Å². The van der Waals surface area contributed by atoms with Gasteiger partial charge in [-0.25, -0.2) is 4.85 Å². The molecule has 29 heavy (non-hydrogen) atoms. The normalized spacial score (nSPS) is 11.1. The minimum atomic E-state index is 0.118. The zero-order valence-corrected chi connectivity index (χ0v) is 16.6. The molecule has 2 rings (SSSR count). The van der Waals surface area contributed by atoms with Gasteiger partial charge in [-0.2, -0.15) is 10.2 Å². The number of unbranched alkanes of at least 4 members (excludes halogenated alkanes) is 2. The van der Waals surface area contributed by atoms with Gasteiger partial charge in [0.05, 0.1) is 37.8 Å². The zero-order chi connectivity index (χ0) is 20.7. The molecular weight excluding hydrogens is 368 g/mol. The largest absolute Gasteiger partial charge is 0.494 e. The van der Waals surface area contributed by atoms with E-state index in [1.165, 1.54) is 0 Å². The Labute approximate surface area is 172 Å². The highest BCUT2D eigenvalue weighted by atomic mass is 16.5. The Balaban J connectivity index is 1.67. The molecule has 154 valence electrons. The lowest BCUT2D eigenvalue weighted by atomic mass is 10.2. The molecule has 7 heteroatoms. The molecule has 7 nitrogen and oxygen atoms in total. The van der Waals surface area contributed by atoms with Crippen molar-refractivity contribution in [3.8, 4) is 5.75 Å². The van der Waals surface area contributed by atoms with Gasteiger partial charge < -0.3 is 14.9 Å². The minimum Gasteiger partial charge on any atom is -0.494 e. The van der Waals surface area contributed by atoms with Crippen molar-refractivity contribution < 1.29 is 14.9 Å². The average molecular weight is 396 g/mol. The van der Waals surface area contributed by atoms with Crippen LogP contribution in [0.4, 0.5) is 17.1 Å².